The van der Waals surface area contributed by atoms with E-state index in [1.165, 1.54) is 12.8 Å². The van der Waals surface area contributed by atoms with Crippen LogP contribution >= 0.6 is 0 Å². The molecule has 1 aromatic carbocycles. The number of nitrogens with zero attached hydrogens (tertiary/aromatic N) is 4. The number of primary amides is 1. The van der Waals surface area contributed by atoms with Crippen molar-refractivity contribution in [1.82, 2.24) is 14.9 Å². The van der Waals surface area contributed by atoms with Crippen LogP contribution in [0.4, 0.5) is 10.6 Å². The smallest absolute Gasteiger partial charge is 0.315 e. The summed E-state index contributed by atoms with van der Waals surface area (Å²) < 4.78 is 0. The molecule has 2 saturated heterocycles. The van der Waals surface area contributed by atoms with Crippen molar-refractivity contribution in [2.24, 2.45) is 11.7 Å². The monoisotopic (exact) mass is 353 g/mol. The molecule has 4 rings (SSSR count). The summed E-state index contributed by atoms with van der Waals surface area (Å²) in [5.41, 5.74) is 7.54. The van der Waals surface area contributed by atoms with Gasteiger partial charge in [-0.1, -0.05) is 25.0 Å². The van der Waals surface area contributed by atoms with E-state index in [1.807, 2.05) is 35.4 Å². The number of amides is 2. The number of nitrogens with two attached hydrogens (primary N) is 1. The summed E-state index contributed by atoms with van der Waals surface area (Å²) in [7, 11) is 0. The molecular formula is C20H27N5O. The summed E-state index contributed by atoms with van der Waals surface area (Å²) >= 11 is 0. The van der Waals surface area contributed by atoms with E-state index in [0.717, 1.165) is 62.2 Å². The van der Waals surface area contributed by atoms with Gasteiger partial charge in [-0.05, 0) is 43.7 Å². The molecule has 1 unspecified atom stereocenters. The lowest BCUT2D eigenvalue weighted by molar-refractivity contribution is 0.143. The quantitative estimate of drug-likeness (QED) is 0.900. The average molecular weight is 353 g/mol. The Morgan fingerprint density at radius 3 is 2.54 bits per heavy atom. The van der Waals surface area contributed by atoms with Crippen LogP contribution in [-0.4, -0.2) is 46.6 Å². The number of hydrogen-bond donors (Lipinski definition) is 1. The maximum absolute atomic E-state index is 11.9. The van der Waals surface area contributed by atoms with Crippen molar-refractivity contribution in [2.45, 2.75) is 44.6 Å². The van der Waals surface area contributed by atoms with Gasteiger partial charge < -0.3 is 15.5 Å². The minimum absolute atomic E-state index is 0.250. The molecule has 6 nitrogen and oxygen atoms in total. The number of para-hydroxylation sites is 2. The zero-order chi connectivity index (χ0) is 17.9. The van der Waals surface area contributed by atoms with Crippen molar-refractivity contribution in [3.63, 3.8) is 0 Å². The van der Waals surface area contributed by atoms with Gasteiger partial charge in [0.15, 0.2) is 0 Å². The Labute approximate surface area is 154 Å². The highest BCUT2D eigenvalue weighted by Crippen LogP contribution is 2.31. The van der Waals surface area contributed by atoms with Gasteiger partial charge in [0.25, 0.3) is 0 Å². The molecule has 1 aromatic heterocycles. The van der Waals surface area contributed by atoms with E-state index in [-0.39, 0.29) is 6.03 Å². The third kappa shape index (κ3) is 3.45. The van der Waals surface area contributed by atoms with E-state index in [2.05, 4.69) is 9.88 Å². The standard InChI is InChI=1S/C20H27N5O/c21-20(26)25-11-5-1-2-8-18(25)15-9-12-24(13-10-15)19-14-22-16-6-3-4-7-17(16)23-19/h3-4,6-7,14-15,18H,1-2,5,8-13H2,(H2,21,26). The normalized spacial score (nSPS) is 22.4. The van der Waals surface area contributed by atoms with E-state index in [4.69, 9.17) is 10.7 Å². The van der Waals surface area contributed by atoms with Crippen molar-refractivity contribution in [2.75, 3.05) is 24.5 Å². The van der Waals surface area contributed by atoms with E-state index < -0.39 is 0 Å². The Hall–Kier alpha value is -2.37. The number of hydrogen-bond acceptors (Lipinski definition) is 4. The Kier molecular flexibility index (Phi) is 4.91. The molecule has 2 aromatic rings. The van der Waals surface area contributed by atoms with Gasteiger partial charge in [0.1, 0.15) is 5.82 Å². The molecule has 2 aliphatic rings. The second kappa shape index (κ2) is 7.48. The summed E-state index contributed by atoms with van der Waals surface area (Å²) in [4.78, 5) is 25.5. The van der Waals surface area contributed by atoms with Gasteiger partial charge in [-0.15, -0.1) is 0 Å². The maximum Gasteiger partial charge on any atom is 0.315 e. The minimum atomic E-state index is -0.250. The van der Waals surface area contributed by atoms with Crippen LogP contribution in [0.15, 0.2) is 30.5 Å². The second-order valence-corrected chi connectivity index (χ2v) is 7.49. The summed E-state index contributed by atoms with van der Waals surface area (Å²) in [6.07, 6.45) is 8.58. The molecule has 138 valence electrons. The Balaban J connectivity index is 1.44. The lowest BCUT2D eigenvalue weighted by Gasteiger charge is -2.40. The van der Waals surface area contributed by atoms with Crippen LogP contribution in [0, 0.1) is 5.92 Å². The summed E-state index contributed by atoms with van der Waals surface area (Å²) in [5.74, 6) is 1.49. The number of benzene rings is 1. The van der Waals surface area contributed by atoms with Gasteiger partial charge in [0.05, 0.1) is 17.2 Å². The highest BCUT2D eigenvalue weighted by atomic mass is 16.2. The fourth-order valence-electron chi connectivity index (χ4n) is 4.51. The number of aromatic nitrogens is 2. The Morgan fingerprint density at radius 1 is 1.00 bits per heavy atom. The number of likely N-dealkylation sites (tertiary alicyclic amines) is 1. The van der Waals surface area contributed by atoms with Crippen molar-refractivity contribution < 1.29 is 4.79 Å². The molecule has 2 amide bonds. The molecule has 3 heterocycles. The molecular weight excluding hydrogens is 326 g/mol. The Morgan fingerprint density at radius 2 is 1.77 bits per heavy atom. The molecule has 0 spiro atoms. The lowest BCUT2D eigenvalue weighted by Crippen LogP contribution is -2.49. The first-order valence-electron chi connectivity index (χ1n) is 9.75. The molecule has 0 bridgehead atoms. The number of carbonyl (C=O) groups is 1. The Bertz CT molecular complexity index is 772. The van der Waals surface area contributed by atoms with Crippen molar-refractivity contribution in [3.8, 4) is 0 Å². The maximum atomic E-state index is 11.9. The van der Waals surface area contributed by atoms with Gasteiger partial charge in [0, 0.05) is 25.7 Å². The molecule has 6 heteroatoms. The number of piperidine rings is 1. The van der Waals surface area contributed by atoms with E-state index in [1.54, 1.807) is 0 Å². The third-order valence-electron chi connectivity index (χ3n) is 5.93. The van der Waals surface area contributed by atoms with Crippen LogP contribution < -0.4 is 10.6 Å². The van der Waals surface area contributed by atoms with Gasteiger partial charge in [0.2, 0.25) is 0 Å². The molecule has 2 aliphatic heterocycles. The SMILES string of the molecule is NC(=O)N1CCCCCC1C1CCN(c2cnc3ccccc3n2)CC1. The second-order valence-electron chi connectivity index (χ2n) is 7.49. The highest BCUT2D eigenvalue weighted by molar-refractivity contribution is 5.75. The van der Waals surface area contributed by atoms with E-state index in [0.29, 0.717) is 12.0 Å². The number of fused-ring (bicyclic) bond motifs is 1. The van der Waals surface area contributed by atoms with Crippen LogP contribution in [0.5, 0.6) is 0 Å². The molecule has 0 radical (unpaired) electrons. The first-order chi connectivity index (χ1) is 12.7. The van der Waals surface area contributed by atoms with Crippen LogP contribution in [0.3, 0.4) is 0 Å². The number of urea groups is 1. The van der Waals surface area contributed by atoms with Gasteiger partial charge >= 0.3 is 6.03 Å². The van der Waals surface area contributed by atoms with Crippen LogP contribution in [0.25, 0.3) is 11.0 Å². The third-order valence-corrected chi connectivity index (χ3v) is 5.93. The fraction of sp³-hybridized carbons (Fsp3) is 0.550. The van der Waals surface area contributed by atoms with Crippen molar-refractivity contribution >= 4 is 22.9 Å². The van der Waals surface area contributed by atoms with Gasteiger partial charge in [-0.2, -0.15) is 0 Å². The molecule has 0 saturated carbocycles. The number of carbonyl (C=O) groups excluding carboxylic acids is 1. The molecule has 2 fully saturated rings. The predicted octanol–water partition coefficient (Wildman–Crippen LogP) is 3.17. The van der Waals surface area contributed by atoms with Crippen LogP contribution in [0.1, 0.15) is 38.5 Å². The minimum Gasteiger partial charge on any atom is -0.355 e. The average Bonchev–Trinajstić information content (AvgIpc) is 2.94. The largest absolute Gasteiger partial charge is 0.355 e. The van der Waals surface area contributed by atoms with Crippen LogP contribution in [-0.2, 0) is 0 Å². The molecule has 26 heavy (non-hydrogen) atoms. The van der Waals surface area contributed by atoms with E-state index >= 15 is 0 Å². The summed E-state index contributed by atoms with van der Waals surface area (Å²) in [5, 5.41) is 0. The van der Waals surface area contributed by atoms with Crippen molar-refractivity contribution in [1.29, 1.82) is 0 Å². The zero-order valence-corrected chi connectivity index (χ0v) is 15.2. The fourth-order valence-corrected chi connectivity index (χ4v) is 4.51. The van der Waals surface area contributed by atoms with Crippen molar-refractivity contribution in [3.05, 3.63) is 30.5 Å². The van der Waals surface area contributed by atoms with Gasteiger partial charge in [-0.25, -0.2) is 9.78 Å². The summed E-state index contributed by atoms with van der Waals surface area (Å²) in [6.45, 7) is 2.73. The predicted molar refractivity (Wildman–Crippen MR) is 103 cm³/mol. The van der Waals surface area contributed by atoms with E-state index in [9.17, 15) is 4.79 Å². The topological polar surface area (TPSA) is 75.4 Å². The number of rotatable bonds is 2. The number of anilines is 1. The zero-order valence-electron chi connectivity index (χ0n) is 15.2. The first-order valence-corrected chi connectivity index (χ1v) is 9.75. The molecule has 2 N–H and O–H groups in total. The molecule has 0 aliphatic carbocycles. The first kappa shape index (κ1) is 17.1. The van der Waals surface area contributed by atoms with Gasteiger partial charge in [-0.3, -0.25) is 4.98 Å². The lowest BCUT2D eigenvalue weighted by atomic mass is 9.86. The highest BCUT2D eigenvalue weighted by Gasteiger charge is 2.33. The molecule has 1 atom stereocenters. The summed E-state index contributed by atoms with van der Waals surface area (Å²) in [6, 6.07) is 8.04. The van der Waals surface area contributed by atoms with Crippen LogP contribution in [0.2, 0.25) is 0 Å².